The highest BCUT2D eigenvalue weighted by atomic mass is 15.0. The van der Waals surface area contributed by atoms with Crippen LogP contribution in [0.5, 0.6) is 0 Å². The number of hydrogen-bond acceptors (Lipinski definition) is 1. The molecule has 4 nitrogen and oxygen atoms in total. The number of nitrogens with zero attached hydrogens (tertiary/aromatic N) is 4. The van der Waals surface area contributed by atoms with E-state index >= 15 is 0 Å². The zero-order valence-corrected chi connectivity index (χ0v) is 29.1. The van der Waals surface area contributed by atoms with Gasteiger partial charge in [-0.1, -0.05) is 121 Å². The predicted octanol–water partition coefficient (Wildman–Crippen LogP) is 13.3. The Bertz CT molecular complexity index is 3150. The van der Waals surface area contributed by atoms with Gasteiger partial charge in [-0.05, 0) is 88.5 Å². The van der Waals surface area contributed by atoms with Gasteiger partial charge in [0.15, 0.2) is 0 Å². The maximum atomic E-state index is 10.2. The smallest absolute Gasteiger partial charge is 0.206 e. The monoisotopic (exact) mass is 686 g/mol. The standard InChI is InChI=1S/C50H30N4/c1-52-45-31-50(54-47-19-11-9-17-41(47)44-29-37(23-27-49(44)54)34-14-6-3-7-15-34)42(30-38(45)32-51)35-20-24-39(25-21-35)53-46-18-10-8-16-40(46)43-28-36(22-26-48(43)53)33-12-4-2-5-13-33/h2-31H. The molecular weight excluding hydrogens is 657 g/mol. The Morgan fingerprint density at radius 3 is 1.46 bits per heavy atom. The lowest BCUT2D eigenvalue weighted by Crippen LogP contribution is -1.99. The third-order valence-electron chi connectivity index (χ3n) is 10.6. The van der Waals surface area contributed by atoms with Crippen molar-refractivity contribution in [3.8, 4) is 50.8 Å². The second kappa shape index (κ2) is 12.5. The number of benzene rings is 8. The van der Waals surface area contributed by atoms with Crippen molar-refractivity contribution in [3.63, 3.8) is 0 Å². The average Bonchev–Trinajstić information content (AvgIpc) is 3.76. The molecule has 0 radical (unpaired) electrons. The van der Waals surface area contributed by atoms with Crippen molar-refractivity contribution in [1.29, 1.82) is 5.26 Å². The van der Waals surface area contributed by atoms with Gasteiger partial charge < -0.3 is 9.13 Å². The second-order valence-corrected chi connectivity index (χ2v) is 13.6. The molecule has 10 rings (SSSR count). The van der Waals surface area contributed by atoms with Crippen molar-refractivity contribution in [2.24, 2.45) is 0 Å². The minimum atomic E-state index is 0.333. The van der Waals surface area contributed by atoms with Crippen LogP contribution in [0.4, 0.5) is 5.69 Å². The molecule has 0 atom stereocenters. The summed E-state index contributed by atoms with van der Waals surface area (Å²) in [5.74, 6) is 0. The van der Waals surface area contributed by atoms with Gasteiger partial charge in [0, 0.05) is 38.5 Å². The molecular formula is C50H30N4. The minimum absolute atomic E-state index is 0.333. The van der Waals surface area contributed by atoms with E-state index in [1.807, 2.05) is 24.3 Å². The number of para-hydroxylation sites is 2. The molecule has 8 aromatic carbocycles. The lowest BCUT2D eigenvalue weighted by Gasteiger charge is -2.17. The molecule has 0 fully saturated rings. The topological polar surface area (TPSA) is 38.0 Å². The maximum Gasteiger partial charge on any atom is 0.206 e. The van der Waals surface area contributed by atoms with Crippen LogP contribution >= 0.6 is 0 Å². The van der Waals surface area contributed by atoms with E-state index in [0.717, 1.165) is 66.5 Å². The number of rotatable bonds is 5. The fraction of sp³-hybridized carbons (Fsp3) is 0. The molecule has 250 valence electrons. The van der Waals surface area contributed by atoms with E-state index in [4.69, 9.17) is 6.57 Å². The first-order chi connectivity index (χ1) is 26.7. The van der Waals surface area contributed by atoms with E-state index < -0.39 is 0 Å². The van der Waals surface area contributed by atoms with Gasteiger partial charge in [0.2, 0.25) is 5.69 Å². The van der Waals surface area contributed by atoms with E-state index in [-0.39, 0.29) is 0 Å². The van der Waals surface area contributed by atoms with E-state index in [2.05, 4.69) is 178 Å². The summed E-state index contributed by atoms with van der Waals surface area (Å²) in [5, 5.41) is 14.8. The van der Waals surface area contributed by atoms with Crippen LogP contribution in [0, 0.1) is 17.9 Å². The van der Waals surface area contributed by atoms with Crippen LogP contribution in [0.3, 0.4) is 0 Å². The Morgan fingerprint density at radius 1 is 0.426 bits per heavy atom. The number of fused-ring (bicyclic) bond motifs is 6. The summed E-state index contributed by atoms with van der Waals surface area (Å²) in [6.07, 6.45) is 0. The Kier molecular flexibility index (Phi) is 7.22. The summed E-state index contributed by atoms with van der Waals surface area (Å²) >= 11 is 0. The van der Waals surface area contributed by atoms with Gasteiger partial charge in [-0.25, -0.2) is 4.85 Å². The number of aromatic nitrogens is 2. The van der Waals surface area contributed by atoms with Crippen molar-refractivity contribution in [1.82, 2.24) is 9.13 Å². The Morgan fingerprint density at radius 2 is 0.907 bits per heavy atom. The second-order valence-electron chi connectivity index (χ2n) is 13.6. The normalized spacial score (nSPS) is 11.3. The molecule has 54 heavy (non-hydrogen) atoms. The zero-order chi connectivity index (χ0) is 36.2. The van der Waals surface area contributed by atoms with Crippen LogP contribution in [-0.2, 0) is 0 Å². The lowest BCUT2D eigenvalue weighted by atomic mass is 9.99. The average molecular weight is 687 g/mol. The molecule has 0 unspecified atom stereocenters. The summed E-state index contributed by atoms with van der Waals surface area (Å²) in [6.45, 7) is 8.00. The molecule has 0 saturated heterocycles. The molecule has 2 heterocycles. The summed E-state index contributed by atoms with van der Waals surface area (Å²) in [6, 6.07) is 65.8. The van der Waals surface area contributed by atoms with Crippen molar-refractivity contribution in [2.75, 3.05) is 0 Å². The van der Waals surface area contributed by atoms with E-state index in [0.29, 0.717) is 11.3 Å². The van der Waals surface area contributed by atoms with Gasteiger partial charge in [-0.15, -0.1) is 0 Å². The highest BCUT2D eigenvalue weighted by Crippen LogP contribution is 2.41. The molecule has 0 aliphatic heterocycles. The molecule has 0 aliphatic rings. The lowest BCUT2D eigenvalue weighted by molar-refractivity contribution is 1.17. The molecule has 0 N–H and O–H groups in total. The van der Waals surface area contributed by atoms with Crippen LogP contribution < -0.4 is 0 Å². The van der Waals surface area contributed by atoms with E-state index in [1.165, 1.54) is 21.9 Å². The van der Waals surface area contributed by atoms with Crippen molar-refractivity contribution >= 4 is 49.3 Å². The first-order valence-electron chi connectivity index (χ1n) is 17.9. The number of nitriles is 1. The summed E-state index contributed by atoms with van der Waals surface area (Å²) in [4.78, 5) is 3.80. The summed E-state index contributed by atoms with van der Waals surface area (Å²) in [7, 11) is 0. The molecule has 0 aliphatic carbocycles. The van der Waals surface area contributed by atoms with Gasteiger partial charge in [0.25, 0.3) is 0 Å². The third kappa shape index (κ3) is 4.90. The Balaban J connectivity index is 1.15. The van der Waals surface area contributed by atoms with Crippen LogP contribution in [0.25, 0.3) is 93.2 Å². The summed E-state index contributed by atoms with van der Waals surface area (Å²) < 4.78 is 4.57. The molecule has 0 bridgehead atoms. The molecule has 2 aromatic heterocycles. The highest BCUT2D eigenvalue weighted by Gasteiger charge is 2.20. The zero-order valence-electron chi connectivity index (χ0n) is 29.1. The fourth-order valence-corrected chi connectivity index (χ4v) is 8.07. The van der Waals surface area contributed by atoms with E-state index in [9.17, 15) is 5.26 Å². The van der Waals surface area contributed by atoms with E-state index in [1.54, 1.807) is 0 Å². The molecule has 10 aromatic rings. The van der Waals surface area contributed by atoms with Gasteiger partial charge in [0.05, 0.1) is 40.3 Å². The molecule has 0 amide bonds. The quantitative estimate of drug-likeness (QED) is 0.166. The van der Waals surface area contributed by atoms with Crippen molar-refractivity contribution < 1.29 is 0 Å². The first-order valence-corrected chi connectivity index (χ1v) is 17.9. The Hall–Kier alpha value is -7.66. The van der Waals surface area contributed by atoms with Crippen LogP contribution in [-0.4, -0.2) is 9.13 Å². The van der Waals surface area contributed by atoms with Crippen LogP contribution in [0.2, 0.25) is 0 Å². The van der Waals surface area contributed by atoms with Crippen molar-refractivity contribution in [2.45, 2.75) is 0 Å². The maximum absolute atomic E-state index is 10.2. The minimum Gasteiger partial charge on any atom is -0.310 e. The molecule has 0 spiro atoms. The molecule has 4 heteroatoms. The Labute approximate surface area is 312 Å². The SMILES string of the molecule is [C-]#[N+]c1cc(-n2c3ccccc3c3cc(-c4ccccc4)ccc32)c(-c2ccc(-n3c4ccccc4c4cc(-c5ccccc5)ccc43)cc2)cc1C#N. The predicted molar refractivity (Wildman–Crippen MR) is 222 cm³/mol. The van der Waals surface area contributed by atoms with Gasteiger partial charge in [-0.2, -0.15) is 5.26 Å². The first kappa shape index (κ1) is 31.1. The van der Waals surface area contributed by atoms with Crippen LogP contribution in [0.15, 0.2) is 182 Å². The fourth-order valence-electron chi connectivity index (χ4n) is 8.07. The highest BCUT2D eigenvalue weighted by molar-refractivity contribution is 6.12. The van der Waals surface area contributed by atoms with Crippen molar-refractivity contribution in [3.05, 3.63) is 199 Å². The van der Waals surface area contributed by atoms with Crippen LogP contribution in [0.1, 0.15) is 5.56 Å². The largest absolute Gasteiger partial charge is 0.310 e. The molecule has 0 saturated carbocycles. The number of hydrogen-bond donors (Lipinski definition) is 0. The van der Waals surface area contributed by atoms with Gasteiger partial charge in [0.1, 0.15) is 0 Å². The summed E-state index contributed by atoms with van der Waals surface area (Å²) in [5.41, 5.74) is 13.5. The van der Waals surface area contributed by atoms with Gasteiger partial charge >= 0.3 is 0 Å². The van der Waals surface area contributed by atoms with Gasteiger partial charge in [-0.3, -0.25) is 0 Å². The third-order valence-corrected chi connectivity index (χ3v) is 10.6.